The number of benzene rings is 1. The summed E-state index contributed by atoms with van der Waals surface area (Å²) in [7, 11) is 0. The van der Waals surface area contributed by atoms with Crippen LogP contribution in [0.25, 0.3) is 10.9 Å². The summed E-state index contributed by atoms with van der Waals surface area (Å²) in [6.07, 6.45) is 0. The molecular weight excluding hydrogens is 212 g/mol. The summed E-state index contributed by atoms with van der Waals surface area (Å²) in [6, 6.07) is 8.01. The van der Waals surface area contributed by atoms with Crippen LogP contribution in [-0.2, 0) is 0 Å². The molecule has 0 fully saturated rings. The number of rotatable bonds is 3. The Kier molecular flexibility index (Phi) is 3.18. The number of para-hydroxylation sites is 1. The molecule has 0 saturated heterocycles. The third kappa shape index (κ3) is 1.93. The predicted molar refractivity (Wildman–Crippen MR) is 70.3 cm³/mol. The number of fused-ring (bicyclic) bond motifs is 1. The fraction of sp³-hybridized carbons (Fsp3) is 0.357. The van der Waals surface area contributed by atoms with Gasteiger partial charge in [-0.15, -0.1) is 0 Å². The second-order valence-corrected chi connectivity index (χ2v) is 4.15. The van der Waals surface area contributed by atoms with E-state index in [2.05, 4.69) is 4.98 Å². The van der Waals surface area contributed by atoms with Crippen molar-refractivity contribution in [2.45, 2.75) is 20.8 Å². The van der Waals surface area contributed by atoms with Crippen LogP contribution in [0.1, 0.15) is 29.9 Å². The van der Waals surface area contributed by atoms with Gasteiger partial charge in [-0.1, -0.05) is 18.2 Å². The van der Waals surface area contributed by atoms with Gasteiger partial charge in [-0.05, 0) is 32.4 Å². The van der Waals surface area contributed by atoms with Crippen LogP contribution in [0.2, 0.25) is 0 Å². The average Bonchev–Trinajstić information content (AvgIpc) is 2.69. The zero-order chi connectivity index (χ0) is 12.4. The molecule has 90 valence electrons. The molecule has 0 spiro atoms. The summed E-state index contributed by atoms with van der Waals surface area (Å²) in [6.45, 7) is 7.47. The second kappa shape index (κ2) is 4.62. The van der Waals surface area contributed by atoms with Gasteiger partial charge in [-0.3, -0.25) is 4.79 Å². The van der Waals surface area contributed by atoms with Gasteiger partial charge < -0.3 is 9.88 Å². The first-order valence-electron chi connectivity index (χ1n) is 6.05. The molecule has 3 heteroatoms. The molecule has 0 saturated carbocycles. The van der Waals surface area contributed by atoms with E-state index in [1.807, 2.05) is 49.9 Å². The average molecular weight is 230 g/mol. The van der Waals surface area contributed by atoms with Gasteiger partial charge in [0.25, 0.3) is 5.91 Å². The highest BCUT2D eigenvalue weighted by Crippen LogP contribution is 2.22. The Morgan fingerprint density at radius 2 is 1.88 bits per heavy atom. The fourth-order valence-corrected chi connectivity index (χ4v) is 2.17. The first-order chi connectivity index (χ1) is 8.19. The molecule has 0 aliphatic carbocycles. The SMILES string of the molecule is CCN(CC)C(=O)c1[nH]c2ccccc2c1C. The first kappa shape index (κ1) is 11.7. The number of nitrogens with zero attached hydrogens (tertiary/aromatic N) is 1. The van der Waals surface area contributed by atoms with E-state index in [9.17, 15) is 4.79 Å². The van der Waals surface area contributed by atoms with E-state index >= 15 is 0 Å². The Morgan fingerprint density at radius 1 is 1.24 bits per heavy atom. The van der Waals surface area contributed by atoms with E-state index in [-0.39, 0.29) is 5.91 Å². The van der Waals surface area contributed by atoms with E-state index < -0.39 is 0 Å². The molecule has 0 aliphatic heterocycles. The lowest BCUT2D eigenvalue weighted by Gasteiger charge is -2.18. The van der Waals surface area contributed by atoms with Crippen LogP contribution in [-0.4, -0.2) is 28.9 Å². The number of carbonyl (C=O) groups is 1. The molecule has 1 aromatic carbocycles. The molecule has 1 N–H and O–H groups in total. The highest BCUT2D eigenvalue weighted by molar-refractivity contribution is 6.00. The molecule has 0 atom stereocenters. The second-order valence-electron chi connectivity index (χ2n) is 4.15. The summed E-state index contributed by atoms with van der Waals surface area (Å²) in [5.74, 6) is 0.0868. The highest BCUT2D eigenvalue weighted by Gasteiger charge is 2.18. The molecule has 1 aromatic heterocycles. The Bertz CT molecular complexity index is 538. The number of H-pyrrole nitrogens is 1. The Labute approximate surface area is 101 Å². The Hall–Kier alpha value is -1.77. The maximum absolute atomic E-state index is 12.3. The van der Waals surface area contributed by atoms with Gasteiger partial charge in [-0.2, -0.15) is 0 Å². The van der Waals surface area contributed by atoms with Crippen molar-refractivity contribution in [3.63, 3.8) is 0 Å². The normalized spacial score (nSPS) is 10.8. The lowest BCUT2D eigenvalue weighted by atomic mass is 10.1. The summed E-state index contributed by atoms with van der Waals surface area (Å²) in [5, 5.41) is 1.13. The van der Waals surface area contributed by atoms with Crippen molar-refractivity contribution in [2.75, 3.05) is 13.1 Å². The zero-order valence-electron chi connectivity index (χ0n) is 10.6. The molecule has 0 unspecified atom stereocenters. The third-order valence-corrected chi connectivity index (χ3v) is 3.23. The topological polar surface area (TPSA) is 36.1 Å². The van der Waals surface area contributed by atoms with Crippen molar-refractivity contribution >= 4 is 16.8 Å². The van der Waals surface area contributed by atoms with Gasteiger partial charge in [-0.25, -0.2) is 0 Å². The van der Waals surface area contributed by atoms with Crippen LogP contribution in [0.5, 0.6) is 0 Å². The molecule has 2 rings (SSSR count). The minimum Gasteiger partial charge on any atom is -0.350 e. The van der Waals surface area contributed by atoms with Crippen molar-refractivity contribution in [1.82, 2.24) is 9.88 Å². The number of hydrogen-bond donors (Lipinski definition) is 1. The number of nitrogens with one attached hydrogen (secondary N) is 1. The smallest absolute Gasteiger partial charge is 0.270 e. The van der Waals surface area contributed by atoms with E-state index in [1.54, 1.807) is 0 Å². The summed E-state index contributed by atoms with van der Waals surface area (Å²) >= 11 is 0. The molecule has 17 heavy (non-hydrogen) atoms. The van der Waals surface area contributed by atoms with Gasteiger partial charge in [0.15, 0.2) is 0 Å². The fourth-order valence-electron chi connectivity index (χ4n) is 2.17. The minimum absolute atomic E-state index is 0.0868. The van der Waals surface area contributed by atoms with Gasteiger partial charge in [0, 0.05) is 24.0 Å². The van der Waals surface area contributed by atoms with E-state index in [0.717, 1.165) is 35.2 Å². The zero-order valence-corrected chi connectivity index (χ0v) is 10.6. The Balaban J connectivity index is 2.49. The summed E-state index contributed by atoms with van der Waals surface area (Å²) < 4.78 is 0. The van der Waals surface area contributed by atoms with Gasteiger partial charge >= 0.3 is 0 Å². The van der Waals surface area contributed by atoms with Crippen molar-refractivity contribution in [1.29, 1.82) is 0 Å². The van der Waals surface area contributed by atoms with Gasteiger partial charge in [0.05, 0.1) is 0 Å². The lowest BCUT2D eigenvalue weighted by Crippen LogP contribution is -2.31. The molecular formula is C14H18N2O. The van der Waals surface area contributed by atoms with E-state index in [0.29, 0.717) is 0 Å². The largest absolute Gasteiger partial charge is 0.350 e. The molecule has 1 heterocycles. The molecule has 0 bridgehead atoms. The van der Waals surface area contributed by atoms with Crippen molar-refractivity contribution < 1.29 is 4.79 Å². The molecule has 2 aromatic rings. The maximum Gasteiger partial charge on any atom is 0.270 e. The standard InChI is InChI=1S/C14H18N2O/c1-4-16(5-2)14(17)13-10(3)11-8-6-7-9-12(11)15-13/h6-9,15H,4-5H2,1-3H3. The molecule has 0 radical (unpaired) electrons. The number of aryl methyl sites for hydroxylation is 1. The van der Waals surface area contributed by atoms with Crippen molar-refractivity contribution in [3.8, 4) is 0 Å². The highest BCUT2D eigenvalue weighted by atomic mass is 16.2. The van der Waals surface area contributed by atoms with Crippen molar-refractivity contribution in [2.24, 2.45) is 0 Å². The number of aromatic nitrogens is 1. The van der Waals surface area contributed by atoms with Crippen LogP contribution in [0.3, 0.4) is 0 Å². The van der Waals surface area contributed by atoms with Crippen LogP contribution in [0.4, 0.5) is 0 Å². The summed E-state index contributed by atoms with van der Waals surface area (Å²) in [4.78, 5) is 17.3. The monoisotopic (exact) mass is 230 g/mol. The third-order valence-electron chi connectivity index (χ3n) is 3.23. The molecule has 3 nitrogen and oxygen atoms in total. The van der Waals surface area contributed by atoms with Crippen LogP contribution in [0.15, 0.2) is 24.3 Å². The molecule has 0 aliphatic rings. The van der Waals surface area contributed by atoms with Crippen LogP contribution < -0.4 is 0 Å². The van der Waals surface area contributed by atoms with Gasteiger partial charge in [0.2, 0.25) is 0 Å². The van der Waals surface area contributed by atoms with E-state index in [4.69, 9.17) is 0 Å². The maximum atomic E-state index is 12.3. The quantitative estimate of drug-likeness (QED) is 0.864. The summed E-state index contributed by atoms with van der Waals surface area (Å²) in [5.41, 5.74) is 2.79. The van der Waals surface area contributed by atoms with Crippen molar-refractivity contribution in [3.05, 3.63) is 35.5 Å². The Morgan fingerprint density at radius 3 is 2.47 bits per heavy atom. The van der Waals surface area contributed by atoms with Crippen LogP contribution in [0, 0.1) is 6.92 Å². The number of hydrogen-bond acceptors (Lipinski definition) is 1. The number of amides is 1. The predicted octanol–water partition coefficient (Wildman–Crippen LogP) is 2.96. The van der Waals surface area contributed by atoms with Gasteiger partial charge in [0.1, 0.15) is 5.69 Å². The number of carbonyl (C=O) groups excluding carboxylic acids is 1. The van der Waals surface area contributed by atoms with Crippen LogP contribution >= 0.6 is 0 Å². The molecule has 1 amide bonds. The number of aromatic amines is 1. The minimum atomic E-state index is 0.0868. The first-order valence-corrected chi connectivity index (χ1v) is 6.05. The van der Waals surface area contributed by atoms with E-state index in [1.165, 1.54) is 0 Å². The lowest BCUT2D eigenvalue weighted by molar-refractivity contribution is 0.0767.